The normalized spacial score (nSPS) is 12.6. The van der Waals surface area contributed by atoms with Crippen molar-refractivity contribution in [3.8, 4) is 17.2 Å². The molecular formula is C25H17I4NO6. The lowest BCUT2D eigenvalue weighted by atomic mass is 10.1. The van der Waals surface area contributed by atoms with Gasteiger partial charge < -0.3 is 14.6 Å². The number of carboxylic acids is 1. The maximum Gasteiger partial charge on any atom is 0.307 e. The van der Waals surface area contributed by atoms with Crippen LogP contribution in [0.2, 0.25) is 0 Å². The van der Waals surface area contributed by atoms with Crippen LogP contribution in [0, 0.1) is 14.3 Å². The Labute approximate surface area is 261 Å². The smallest absolute Gasteiger partial charge is 0.307 e. The molecule has 4 rings (SSSR count). The summed E-state index contributed by atoms with van der Waals surface area (Å²) in [6, 6.07) is 14.2. The number of fused-ring (bicyclic) bond motifs is 1. The Bertz CT molecular complexity index is 1300. The van der Waals surface area contributed by atoms with Crippen molar-refractivity contribution in [1.82, 2.24) is 4.90 Å². The molecule has 1 aliphatic heterocycles. The zero-order valence-electron chi connectivity index (χ0n) is 18.4. The highest BCUT2D eigenvalue weighted by atomic mass is 127. The number of benzene rings is 3. The number of carboxylic acid groups (broad SMARTS) is 1. The van der Waals surface area contributed by atoms with Crippen LogP contribution in [-0.2, 0) is 11.2 Å². The molecule has 1 heterocycles. The first-order valence-corrected chi connectivity index (χ1v) is 14.9. The zero-order valence-corrected chi connectivity index (χ0v) is 27.0. The Morgan fingerprint density at radius 2 is 1.36 bits per heavy atom. The van der Waals surface area contributed by atoms with Crippen LogP contribution in [0.1, 0.15) is 32.7 Å². The van der Waals surface area contributed by atoms with Gasteiger partial charge in [0.05, 0.1) is 38.4 Å². The van der Waals surface area contributed by atoms with E-state index in [0.29, 0.717) is 41.4 Å². The Balaban J connectivity index is 1.38. The Morgan fingerprint density at radius 3 is 1.89 bits per heavy atom. The van der Waals surface area contributed by atoms with Gasteiger partial charge in [0.25, 0.3) is 11.8 Å². The molecule has 11 heteroatoms. The number of hydrogen-bond acceptors (Lipinski definition) is 5. The van der Waals surface area contributed by atoms with Gasteiger partial charge in [0, 0.05) is 6.54 Å². The van der Waals surface area contributed by atoms with E-state index in [1.807, 2.05) is 24.3 Å². The number of nitrogens with zero attached hydrogens (tertiary/aromatic N) is 1. The van der Waals surface area contributed by atoms with Gasteiger partial charge in [-0.25, -0.2) is 0 Å². The summed E-state index contributed by atoms with van der Waals surface area (Å²) in [5.74, 6) is 0.629. The molecule has 0 aliphatic carbocycles. The SMILES string of the molecule is O=C(O)Cc1cc(I)c(Oc2cc(I)c(OCCCN3C(=O)c4ccccc4C3=O)c(I)c2)c(I)c1. The van der Waals surface area contributed by atoms with Crippen molar-refractivity contribution in [1.29, 1.82) is 0 Å². The summed E-state index contributed by atoms with van der Waals surface area (Å²) in [6.07, 6.45) is 0.468. The van der Waals surface area contributed by atoms with Gasteiger partial charge in [-0.3, -0.25) is 19.3 Å². The lowest BCUT2D eigenvalue weighted by Gasteiger charge is -2.16. The summed E-state index contributed by atoms with van der Waals surface area (Å²) < 4.78 is 15.5. The largest absolute Gasteiger partial charge is 0.491 e. The first-order valence-electron chi connectivity index (χ1n) is 10.6. The van der Waals surface area contributed by atoms with Crippen LogP contribution < -0.4 is 9.47 Å². The maximum atomic E-state index is 12.5. The topological polar surface area (TPSA) is 93.1 Å². The average molecular weight is 935 g/mol. The highest BCUT2D eigenvalue weighted by Crippen LogP contribution is 2.37. The number of aliphatic carboxylic acids is 1. The molecule has 0 fully saturated rings. The van der Waals surface area contributed by atoms with E-state index in [4.69, 9.17) is 14.6 Å². The van der Waals surface area contributed by atoms with Crippen LogP contribution in [0.25, 0.3) is 0 Å². The van der Waals surface area contributed by atoms with E-state index in [1.165, 1.54) is 4.90 Å². The van der Waals surface area contributed by atoms with Crippen LogP contribution >= 0.6 is 90.4 Å². The maximum absolute atomic E-state index is 12.5. The Kier molecular flexibility index (Phi) is 9.35. The molecule has 0 spiro atoms. The van der Waals surface area contributed by atoms with Gasteiger partial charge in [0.1, 0.15) is 11.5 Å². The van der Waals surface area contributed by atoms with Gasteiger partial charge in [0.15, 0.2) is 5.75 Å². The van der Waals surface area contributed by atoms with E-state index >= 15 is 0 Å². The van der Waals surface area contributed by atoms with Crippen LogP contribution in [-0.4, -0.2) is 40.9 Å². The second-order valence-corrected chi connectivity index (χ2v) is 12.4. The fourth-order valence-electron chi connectivity index (χ4n) is 3.68. The summed E-state index contributed by atoms with van der Waals surface area (Å²) in [5.41, 5.74) is 1.62. The predicted molar refractivity (Wildman–Crippen MR) is 167 cm³/mol. The summed E-state index contributed by atoms with van der Waals surface area (Å²) in [4.78, 5) is 37.3. The van der Waals surface area contributed by atoms with Crippen LogP contribution in [0.15, 0.2) is 48.5 Å². The van der Waals surface area contributed by atoms with E-state index in [9.17, 15) is 14.4 Å². The van der Waals surface area contributed by atoms with Crippen LogP contribution in [0.3, 0.4) is 0 Å². The molecule has 36 heavy (non-hydrogen) atoms. The second-order valence-electron chi connectivity index (χ2n) is 7.79. The molecule has 0 bridgehead atoms. The minimum atomic E-state index is -0.876. The van der Waals surface area contributed by atoms with Crippen molar-refractivity contribution < 1.29 is 29.0 Å². The molecule has 1 aliphatic rings. The summed E-state index contributed by atoms with van der Waals surface area (Å²) in [7, 11) is 0. The first kappa shape index (κ1) is 27.8. The molecule has 2 amide bonds. The fourth-order valence-corrected chi connectivity index (χ4v) is 7.82. The van der Waals surface area contributed by atoms with Gasteiger partial charge in [-0.15, -0.1) is 0 Å². The molecule has 3 aromatic rings. The highest BCUT2D eigenvalue weighted by Gasteiger charge is 2.34. The van der Waals surface area contributed by atoms with Crippen molar-refractivity contribution in [2.45, 2.75) is 12.8 Å². The third kappa shape index (κ3) is 6.25. The summed E-state index contributed by atoms with van der Waals surface area (Å²) in [6.45, 7) is 0.635. The lowest BCUT2D eigenvalue weighted by molar-refractivity contribution is -0.136. The Morgan fingerprint density at radius 1 is 0.833 bits per heavy atom. The average Bonchev–Trinajstić information content (AvgIpc) is 3.05. The number of carbonyl (C=O) groups excluding carboxylic acids is 2. The van der Waals surface area contributed by atoms with Crippen molar-refractivity contribution in [3.63, 3.8) is 0 Å². The molecule has 0 unspecified atom stereocenters. The fraction of sp³-hybridized carbons (Fsp3) is 0.160. The lowest BCUT2D eigenvalue weighted by Crippen LogP contribution is -2.31. The zero-order chi connectivity index (χ0) is 26.0. The van der Waals surface area contributed by atoms with Gasteiger partial charge in [0.2, 0.25) is 0 Å². The van der Waals surface area contributed by atoms with Crippen molar-refractivity contribution in [2.24, 2.45) is 0 Å². The minimum absolute atomic E-state index is 0.0405. The predicted octanol–water partition coefficient (Wildman–Crippen LogP) is 6.59. The molecule has 0 radical (unpaired) electrons. The summed E-state index contributed by atoms with van der Waals surface area (Å²) in [5, 5.41) is 9.05. The van der Waals surface area contributed by atoms with E-state index in [0.717, 1.165) is 19.8 Å². The van der Waals surface area contributed by atoms with Gasteiger partial charge in [-0.1, -0.05) is 12.1 Å². The third-order valence-electron chi connectivity index (χ3n) is 5.26. The van der Waals surface area contributed by atoms with Gasteiger partial charge in [-0.05, 0) is 139 Å². The molecule has 7 nitrogen and oxygen atoms in total. The van der Waals surface area contributed by atoms with Crippen molar-refractivity contribution >= 4 is 108 Å². The van der Waals surface area contributed by atoms with E-state index < -0.39 is 5.97 Å². The highest BCUT2D eigenvalue weighted by molar-refractivity contribution is 14.1. The van der Waals surface area contributed by atoms with Crippen LogP contribution in [0.5, 0.6) is 17.2 Å². The number of imide groups is 1. The molecule has 186 valence electrons. The molecule has 0 saturated heterocycles. The van der Waals surface area contributed by atoms with Gasteiger partial charge in [-0.2, -0.15) is 0 Å². The van der Waals surface area contributed by atoms with E-state index in [2.05, 4.69) is 90.4 Å². The second kappa shape index (κ2) is 12.1. The van der Waals surface area contributed by atoms with Crippen LogP contribution in [0.4, 0.5) is 0 Å². The van der Waals surface area contributed by atoms with E-state index in [-0.39, 0.29) is 24.8 Å². The quantitative estimate of drug-likeness (QED) is 0.148. The number of rotatable bonds is 9. The summed E-state index contributed by atoms with van der Waals surface area (Å²) >= 11 is 8.67. The molecule has 0 saturated carbocycles. The van der Waals surface area contributed by atoms with Crippen molar-refractivity contribution in [3.05, 3.63) is 79.5 Å². The number of halogens is 4. The third-order valence-corrected chi connectivity index (χ3v) is 8.46. The number of carbonyl (C=O) groups is 3. The molecular weight excluding hydrogens is 918 g/mol. The molecule has 1 N–H and O–H groups in total. The first-order chi connectivity index (χ1) is 17.2. The Hall–Kier alpha value is -1.21. The number of amides is 2. The van der Waals surface area contributed by atoms with E-state index in [1.54, 1.807) is 24.3 Å². The molecule has 3 aromatic carbocycles. The van der Waals surface area contributed by atoms with Crippen molar-refractivity contribution in [2.75, 3.05) is 13.2 Å². The standard InChI is InChI=1S/C25H17I4NO6/c26-17-8-13(10-21(31)32)9-18(27)23(17)36-14-11-19(28)22(20(29)12-14)35-7-3-6-30-24(33)15-4-1-2-5-16(15)25(30)34/h1-2,4-5,8-9,11-12H,3,6-7,10H2,(H,31,32). The minimum Gasteiger partial charge on any atom is -0.491 e. The number of ether oxygens (including phenoxy) is 2. The molecule has 0 aromatic heterocycles. The molecule has 0 atom stereocenters. The number of hydrogen-bond donors (Lipinski definition) is 1. The monoisotopic (exact) mass is 935 g/mol. The van der Waals surface area contributed by atoms with Gasteiger partial charge >= 0.3 is 5.97 Å².